The van der Waals surface area contributed by atoms with Gasteiger partial charge in [0, 0.05) is 30.3 Å². The summed E-state index contributed by atoms with van der Waals surface area (Å²) in [6, 6.07) is 2.08. The lowest BCUT2D eigenvalue weighted by Crippen LogP contribution is -2.22. The number of nitrogens with one attached hydrogen (secondary N) is 2. The van der Waals surface area contributed by atoms with Crippen LogP contribution in [0, 0.1) is 0 Å². The van der Waals surface area contributed by atoms with E-state index in [0.717, 1.165) is 29.5 Å². The van der Waals surface area contributed by atoms with Crippen molar-refractivity contribution in [3.63, 3.8) is 0 Å². The molecule has 0 radical (unpaired) electrons. The molecule has 0 fully saturated rings. The third kappa shape index (κ3) is 4.54. The first-order chi connectivity index (χ1) is 10.1. The molecular formula is C14H19ClN4OS. The Labute approximate surface area is 133 Å². The largest absolute Gasteiger partial charge is 0.356 e. The molecule has 21 heavy (non-hydrogen) atoms. The molecule has 0 saturated heterocycles. The van der Waals surface area contributed by atoms with E-state index in [9.17, 15) is 4.79 Å². The maximum atomic E-state index is 10.8. The van der Waals surface area contributed by atoms with E-state index in [1.165, 1.54) is 11.8 Å². The molecule has 0 spiro atoms. The van der Waals surface area contributed by atoms with Crippen molar-refractivity contribution in [1.29, 1.82) is 0 Å². The van der Waals surface area contributed by atoms with Crippen molar-refractivity contribution in [1.82, 2.24) is 15.3 Å². The fourth-order valence-electron chi connectivity index (χ4n) is 1.94. The Hall–Kier alpha value is -1.40. The number of hydrogen-bond donors (Lipinski definition) is 2. The van der Waals surface area contributed by atoms with Gasteiger partial charge in [-0.3, -0.25) is 4.79 Å². The molecule has 0 aliphatic rings. The van der Waals surface area contributed by atoms with Crippen LogP contribution in [-0.4, -0.2) is 29.0 Å². The molecule has 0 unspecified atom stereocenters. The predicted octanol–water partition coefficient (Wildman–Crippen LogP) is 3.24. The topological polar surface area (TPSA) is 66.9 Å². The number of rotatable bonds is 7. The summed E-state index contributed by atoms with van der Waals surface area (Å²) < 4.78 is 0. The molecule has 114 valence electrons. The van der Waals surface area contributed by atoms with E-state index >= 15 is 0 Å². The molecule has 0 atom stereocenters. The number of fused-ring (bicyclic) bond motifs is 1. The molecule has 5 nitrogen and oxygen atoms in total. The summed E-state index contributed by atoms with van der Waals surface area (Å²) >= 11 is 7.88. The molecule has 0 aliphatic heterocycles. The summed E-state index contributed by atoms with van der Waals surface area (Å²) in [6.45, 7) is 4.99. The van der Waals surface area contributed by atoms with Crippen LogP contribution in [0.25, 0.3) is 10.2 Å². The first-order valence-electron chi connectivity index (χ1n) is 7.04. The molecule has 2 rings (SSSR count). The molecule has 1 amide bonds. The molecule has 2 aromatic heterocycles. The van der Waals surface area contributed by atoms with Crippen LogP contribution in [0.2, 0.25) is 5.15 Å². The number of thiophene rings is 1. The quantitative estimate of drug-likeness (QED) is 0.605. The average Bonchev–Trinajstić information content (AvgIpc) is 2.81. The Morgan fingerprint density at radius 2 is 2.19 bits per heavy atom. The van der Waals surface area contributed by atoms with E-state index in [1.807, 2.05) is 0 Å². The molecule has 2 aromatic rings. The van der Waals surface area contributed by atoms with Gasteiger partial charge in [0.1, 0.15) is 9.98 Å². The minimum absolute atomic E-state index is 0.0160. The molecule has 2 heterocycles. The zero-order valence-corrected chi connectivity index (χ0v) is 13.8. The fraction of sp³-hybridized carbons (Fsp3) is 0.500. The lowest BCUT2D eigenvalue weighted by Gasteiger charge is -2.05. The Morgan fingerprint density at radius 1 is 1.38 bits per heavy atom. The van der Waals surface area contributed by atoms with Crippen LogP contribution in [0.1, 0.15) is 31.6 Å². The number of anilines is 1. The van der Waals surface area contributed by atoms with E-state index in [2.05, 4.69) is 33.6 Å². The third-order valence-electron chi connectivity index (χ3n) is 2.90. The van der Waals surface area contributed by atoms with Gasteiger partial charge in [0.15, 0.2) is 0 Å². The molecular weight excluding hydrogens is 308 g/mol. The highest BCUT2D eigenvalue weighted by molar-refractivity contribution is 7.18. The van der Waals surface area contributed by atoms with E-state index in [1.54, 1.807) is 11.3 Å². The zero-order chi connectivity index (χ0) is 15.2. The summed E-state index contributed by atoms with van der Waals surface area (Å²) in [5.41, 5.74) is 0. The average molecular weight is 327 g/mol. The SMILES string of the molecule is CCCc1cc2c(Cl)nc(NCCCNC(C)=O)nc2s1. The van der Waals surface area contributed by atoms with Gasteiger partial charge in [-0.2, -0.15) is 0 Å². The van der Waals surface area contributed by atoms with Crippen molar-refractivity contribution in [3.8, 4) is 0 Å². The molecule has 0 aliphatic carbocycles. The maximum Gasteiger partial charge on any atom is 0.225 e. The second kappa shape index (κ2) is 7.56. The Balaban J connectivity index is 1.99. The van der Waals surface area contributed by atoms with Gasteiger partial charge >= 0.3 is 0 Å². The van der Waals surface area contributed by atoms with Crippen LogP contribution in [0.3, 0.4) is 0 Å². The first-order valence-corrected chi connectivity index (χ1v) is 8.24. The van der Waals surface area contributed by atoms with Crippen LogP contribution in [0.5, 0.6) is 0 Å². The maximum absolute atomic E-state index is 10.8. The van der Waals surface area contributed by atoms with Gasteiger partial charge in [0.05, 0.1) is 0 Å². The van der Waals surface area contributed by atoms with Crippen molar-refractivity contribution < 1.29 is 4.79 Å². The molecule has 0 aromatic carbocycles. The van der Waals surface area contributed by atoms with Crippen molar-refractivity contribution in [3.05, 3.63) is 16.1 Å². The number of amides is 1. The molecule has 7 heteroatoms. The van der Waals surface area contributed by atoms with Crippen molar-refractivity contribution >= 4 is 45.0 Å². The lowest BCUT2D eigenvalue weighted by atomic mass is 10.3. The standard InChI is InChI=1S/C14H19ClN4OS/c1-3-5-10-8-11-12(15)18-14(19-13(11)21-10)17-7-4-6-16-9(2)20/h8H,3-7H2,1-2H3,(H,16,20)(H,17,18,19). The summed E-state index contributed by atoms with van der Waals surface area (Å²) in [5.74, 6) is 0.526. The normalized spacial score (nSPS) is 10.8. The number of aromatic nitrogens is 2. The van der Waals surface area contributed by atoms with Gasteiger partial charge in [-0.25, -0.2) is 9.97 Å². The van der Waals surface area contributed by atoms with E-state index in [4.69, 9.17) is 11.6 Å². The second-order valence-electron chi connectivity index (χ2n) is 4.78. The number of carbonyl (C=O) groups excluding carboxylic acids is 1. The number of aryl methyl sites for hydroxylation is 1. The Kier molecular flexibility index (Phi) is 5.76. The number of hydrogen-bond acceptors (Lipinski definition) is 5. The van der Waals surface area contributed by atoms with Crippen LogP contribution >= 0.6 is 22.9 Å². The summed E-state index contributed by atoms with van der Waals surface area (Å²) in [4.78, 5) is 21.7. The third-order valence-corrected chi connectivity index (χ3v) is 4.28. The van der Waals surface area contributed by atoms with Crippen LogP contribution in [-0.2, 0) is 11.2 Å². The summed E-state index contributed by atoms with van der Waals surface area (Å²) in [6.07, 6.45) is 2.95. The Bertz CT molecular complexity index is 629. The van der Waals surface area contributed by atoms with Crippen molar-refractivity contribution in [2.75, 3.05) is 18.4 Å². The lowest BCUT2D eigenvalue weighted by molar-refractivity contribution is -0.118. The fourth-order valence-corrected chi connectivity index (χ4v) is 3.35. The van der Waals surface area contributed by atoms with Gasteiger partial charge in [-0.1, -0.05) is 24.9 Å². The van der Waals surface area contributed by atoms with Gasteiger partial charge in [-0.05, 0) is 18.9 Å². The smallest absolute Gasteiger partial charge is 0.225 e. The highest BCUT2D eigenvalue weighted by Crippen LogP contribution is 2.30. The van der Waals surface area contributed by atoms with Crippen LogP contribution < -0.4 is 10.6 Å². The minimum atomic E-state index is -0.0160. The van der Waals surface area contributed by atoms with Gasteiger partial charge in [0.25, 0.3) is 0 Å². The predicted molar refractivity (Wildman–Crippen MR) is 88.2 cm³/mol. The van der Waals surface area contributed by atoms with Gasteiger partial charge < -0.3 is 10.6 Å². The monoisotopic (exact) mass is 326 g/mol. The van der Waals surface area contributed by atoms with Crippen molar-refractivity contribution in [2.45, 2.75) is 33.1 Å². The molecule has 2 N–H and O–H groups in total. The van der Waals surface area contributed by atoms with E-state index in [-0.39, 0.29) is 5.91 Å². The van der Waals surface area contributed by atoms with Crippen LogP contribution in [0.15, 0.2) is 6.07 Å². The zero-order valence-electron chi connectivity index (χ0n) is 12.2. The Morgan fingerprint density at radius 3 is 2.90 bits per heavy atom. The summed E-state index contributed by atoms with van der Waals surface area (Å²) in [5, 5.41) is 7.30. The second-order valence-corrected chi connectivity index (χ2v) is 6.26. The summed E-state index contributed by atoms with van der Waals surface area (Å²) in [7, 11) is 0. The number of nitrogens with zero attached hydrogens (tertiary/aromatic N) is 2. The minimum Gasteiger partial charge on any atom is -0.356 e. The van der Waals surface area contributed by atoms with Gasteiger partial charge in [-0.15, -0.1) is 11.3 Å². The highest BCUT2D eigenvalue weighted by Gasteiger charge is 2.09. The van der Waals surface area contributed by atoms with Crippen molar-refractivity contribution in [2.24, 2.45) is 0 Å². The van der Waals surface area contributed by atoms with E-state index in [0.29, 0.717) is 24.2 Å². The number of carbonyl (C=O) groups is 1. The highest BCUT2D eigenvalue weighted by atomic mass is 35.5. The molecule has 0 bridgehead atoms. The van der Waals surface area contributed by atoms with E-state index < -0.39 is 0 Å². The number of halogens is 1. The van der Waals surface area contributed by atoms with Crippen LogP contribution in [0.4, 0.5) is 5.95 Å². The first kappa shape index (κ1) is 16.0. The van der Waals surface area contributed by atoms with Gasteiger partial charge in [0.2, 0.25) is 11.9 Å². The molecule has 0 saturated carbocycles.